The van der Waals surface area contributed by atoms with Gasteiger partial charge in [0.25, 0.3) is 0 Å². The summed E-state index contributed by atoms with van der Waals surface area (Å²) in [4.78, 5) is 0.224. The Hall–Kier alpha value is -1.46. The molecule has 1 aromatic rings. The average Bonchev–Trinajstić information content (AvgIpc) is 3.24. The van der Waals surface area contributed by atoms with Crippen molar-refractivity contribution in [2.75, 3.05) is 13.2 Å². The molecule has 7 heteroatoms. The number of benzene rings is 1. The Morgan fingerprint density at radius 3 is 2.51 bits per heavy atom. The van der Waals surface area contributed by atoms with Gasteiger partial charge in [0.05, 0.1) is 28.7 Å². The standard InChI is InChI=1S/C30H44N2O4S/c1-4-36-19-30(33)16-14-24-22(17-30)7-10-26-25(24)13-15-29(3)27(11-12-28(26)29)20(2)32-37(34,35)23-8-5-21(18-31)6-9-23/h5-6,8-9,20,22,24-28,32-33H,4,7,10-17,19H2,1-3H3/t20-,22-,24+,25?,26-,27?,28?,29-,30-/m1/s1. The van der Waals surface area contributed by atoms with Gasteiger partial charge in [-0.3, -0.25) is 0 Å². The Kier molecular flexibility index (Phi) is 7.52. The van der Waals surface area contributed by atoms with E-state index in [0.29, 0.717) is 36.5 Å². The fourth-order valence-corrected chi connectivity index (χ4v) is 10.6. The predicted octanol–water partition coefficient (Wildman–Crippen LogP) is 5.26. The summed E-state index contributed by atoms with van der Waals surface area (Å²) in [7, 11) is -3.64. The van der Waals surface area contributed by atoms with Crippen molar-refractivity contribution in [1.29, 1.82) is 5.26 Å². The van der Waals surface area contributed by atoms with Crippen LogP contribution in [-0.4, -0.2) is 38.4 Å². The third kappa shape index (κ3) is 5.00. The zero-order valence-corrected chi connectivity index (χ0v) is 23.5. The SMILES string of the molecule is CCOC[C@@]1(O)CC[C@@H]2C3CC[C@@]4(C)C(CCC4[C@@H](C)NS(=O)(=O)c4ccc(C#N)cc4)[C@@H]3CC[C@@H]2C1. The van der Waals surface area contributed by atoms with Crippen molar-refractivity contribution in [3.8, 4) is 6.07 Å². The van der Waals surface area contributed by atoms with Crippen LogP contribution in [0, 0.1) is 52.3 Å². The maximum Gasteiger partial charge on any atom is 0.240 e. The monoisotopic (exact) mass is 528 g/mol. The van der Waals surface area contributed by atoms with Gasteiger partial charge in [0.2, 0.25) is 10.0 Å². The summed E-state index contributed by atoms with van der Waals surface area (Å²) >= 11 is 0. The topological polar surface area (TPSA) is 99.4 Å². The van der Waals surface area contributed by atoms with Crippen molar-refractivity contribution in [3.05, 3.63) is 29.8 Å². The molecule has 9 atom stereocenters. The first kappa shape index (κ1) is 27.1. The number of aliphatic hydroxyl groups is 1. The molecule has 3 unspecified atom stereocenters. The summed E-state index contributed by atoms with van der Waals surface area (Å²) in [6.07, 6.45) is 9.97. The second-order valence-electron chi connectivity index (χ2n) is 12.8. The minimum atomic E-state index is -3.64. The van der Waals surface area contributed by atoms with Gasteiger partial charge in [0, 0.05) is 12.6 Å². The van der Waals surface area contributed by atoms with Gasteiger partial charge in [-0.05, 0) is 137 Å². The number of hydrogen-bond acceptors (Lipinski definition) is 5. The fraction of sp³-hybridized carbons (Fsp3) is 0.767. The third-order valence-corrected chi connectivity index (χ3v) is 12.6. The molecule has 5 rings (SSSR count). The second-order valence-corrected chi connectivity index (χ2v) is 14.5. The first-order valence-electron chi connectivity index (χ1n) is 14.4. The van der Waals surface area contributed by atoms with Gasteiger partial charge in [-0.1, -0.05) is 6.92 Å². The third-order valence-electron chi connectivity index (χ3n) is 11.0. The lowest BCUT2D eigenvalue weighted by Gasteiger charge is -2.57. The highest BCUT2D eigenvalue weighted by atomic mass is 32.2. The van der Waals surface area contributed by atoms with Crippen LogP contribution < -0.4 is 4.72 Å². The van der Waals surface area contributed by atoms with Gasteiger partial charge in [-0.25, -0.2) is 13.1 Å². The van der Waals surface area contributed by atoms with Crippen LogP contribution in [0.1, 0.15) is 84.1 Å². The first-order chi connectivity index (χ1) is 17.6. The van der Waals surface area contributed by atoms with Crippen molar-refractivity contribution in [3.63, 3.8) is 0 Å². The minimum absolute atomic E-state index is 0.133. The predicted molar refractivity (Wildman–Crippen MR) is 143 cm³/mol. The highest BCUT2D eigenvalue weighted by Crippen LogP contribution is 2.65. The highest BCUT2D eigenvalue weighted by molar-refractivity contribution is 7.89. The number of sulfonamides is 1. The van der Waals surface area contributed by atoms with E-state index in [4.69, 9.17) is 10.00 Å². The summed E-state index contributed by atoms with van der Waals surface area (Å²) in [6, 6.07) is 8.09. The van der Waals surface area contributed by atoms with E-state index >= 15 is 0 Å². The molecule has 204 valence electrons. The normalized spacial score (nSPS) is 40.2. The molecular weight excluding hydrogens is 484 g/mol. The first-order valence-corrected chi connectivity index (χ1v) is 15.9. The number of hydrogen-bond donors (Lipinski definition) is 2. The molecule has 0 heterocycles. The molecule has 6 nitrogen and oxygen atoms in total. The molecular formula is C30H44N2O4S. The van der Waals surface area contributed by atoms with Crippen molar-refractivity contribution in [1.82, 2.24) is 4.72 Å². The number of ether oxygens (including phenoxy) is 1. The van der Waals surface area contributed by atoms with Crippen LogP contribution in [0.15, 0.2) is 29.2 Å². The lowest BCUT2D eigenvalue weighted by Crippen LogP contribution is -2.53. The van der Waals surface area contributed by atoms with Crippen LogP contribution in [0.4, 0.5) is 0 Å². The van der Waals surface area contributed by atoms with Crippen molar-refractivity contribution < 1.29 is 18.3 Å². The smallest absolute Gasteiger partial charge is 0.240 e. The lowest BCUT2D eigenvalue weighted by molar-refractivity contribution is -0.128. The number of nitrogens with one attached hydrogen (secondary N) is 1. The van der Waals surface area contributed by atoms with E-state index in [-0.39, 0.29) is 16.4 Å². The largest absolute Gasteiger partial charge is 0.387 e. The van der Waals surface area contributed by atoms with Gasteiger partial charge >= 0.3 is 0 Å². The molecule has 4 fully saturated rings. The van der Waals surface area contributed by atoms with Gasteiger partial charge in [0.15, 0.2) is 0 Å². The van der Waals surface area contributed by atoms with E-state index < -0.39 is 15.6 Å². The van der Waals surface area contributed by atoms with E-state index in [2.05, 4.69) is 11.6 Å². The van der Waals surface area contributed by atoms with Crippen LogP contribution >= 0.6 is 0 Å². The average molecular weight is 529 g/mol. The molecule has 4 aliphatic rings. The number of nitriles is 1. The van der Waals surface area contributed by atoms with E-state index in [1.165, 1.54) is 44.2 Å². The molecule has 4 aliphatic carbocycles. The summed E-state index contributed by atoms with van der Waals surface area (Å²) < 4.78 is 34.9. The van der Waals surface area contributed by atoms with E-state index in [0.717, 1.165) is 43.4 Å². The number of fused-ring (bicyclic) bond motifs is 5. The van der Waals surface area contributed by atoms with Crippen molar-refractivity contribution in [2.45, 2.75) is 95.1 Å². The number of rotatable bonds is 7. The van der Waals surface area contributed by atoms with Crippen molar-refractivity contribution in [2.24, 2.45) is 40.9 Å². The molecule has 37 heavy (non-hydrogen) atoms. The zero-order valence-electron chi connectivity index (χ0n) is 22.7. The van der Waals surface area contributed by atoms with Crippen LogP contribution in [0.25, 0.3) is 0 Å². The van der Waals surface area contributed by atoms with E-state index in [1.54, 1.807) is 12.1 Å². The summed E-state index contributed by atoms with van der Waals surface area (Å²) in [5.41, 5.74) is -0.0282. The molecule has 0 saturated heterocycles. The Balaban J connectivity index is 1.26. The molecule has 0 spiro atoms. The van der Waals surface area contributed by atoms with Crippen molar-refractivity contribution >= 4 is 10.0 Å². The van der Waals surface area contributed by atoms with Crippen LogP contribution in [0.3, 0.4) is 0 Å². The minimum Gasteiger partial charge on any atom is -0.387 e. The van der Waals surface area contributed by atoms with Crippen LogP contribution in [0.2, 0.25) is 0 Å². The van der Waals surface area contributed by atoms with Gasteiger partial charge < -0.3 is 9.84 Å². The Morgan fingerprint density at radius 2 is 1.81 bits per heavy atom. The van der Waals surface area contributed by atoms with E-state index in [1.807, 2.05) is 19.9 Å². The van der Waals surface area contributed by atoms with Gasteiger partial charge in [-0.15, -0.1) is 0 Å². The van der Waals surface area contributed by atoms with Gasteiger partial charge in [0.1, 0.15) is 0 Å². The summed E-state index contributed by atoms with van der Waals surface area (Å²) in [5.74, 6) is 3.79. The highest BCUT2D eigenvalue weighted by Gasteiger charge is 2.58. The molecule has 1 aromatic carbocycles. The summed E-state index contributed by atoms with van der Waals surface area (Å²) in [6.45, 7) is 7.60. The Labute approximate surface area is 223 Å². The molecule has 0 aliphatic heterocycles. The zero-order chi connectivity index (χ0) is 26.4. The summed E-state index contributed by atoms with van der Waals surface area (Å²) in [5, 5.41) is 20.2. The van der Waals surface area contributed by atoms with Gasteiger partial charge in [-0.2, -0.15) is 5.26 Å². The molecule has 0 aromatic heterocycles. The maximum atomic E-state index is 13.1. The van der Waals surface area contributed by atoms with Crippen LogP contribution in [0.5, 0.6) is 0 Å². The quantitative estimate of drug-likeness (QED) is 0.503. The molecule has 2 N–H and O–H groups in total. The van der Waals surface area contributed by atoms with Crippen LogP contribution in [-0.2, 0) is 14.8 Å². The molecule has 0 bridgehead atoms. The second kappa shape index (κ2) is 10.3. The molecule has 4 saturated carbocycles. The molecule has 0 amide bonds. The fourth-order valence-electron chi connectivity index (χ4n) is 9.35. The Bertz CT molecular complexity index is 1120. The number of nitrogens with zero attached hydrogens (tertiary/aromatic N) is 1. The van der Waals surface area contributed by atoms with E-state index in [9.17, 15) is 13.5 Å². The maximum absolute atomic E-state index is 13.1. The lowest BCUT2D eigenvalue weighted by atomic mass is 9.48. The molecule has 0 radical (unpaired) electrons. The Morgan fingerprint density at radius 1 is 1.08 bits per heavy atom.